The van der Waals surface area contributed by atoms with Crippen LogP contribution >= 0.6 is 0 Å². The van der Waals surface area contributed by atoms with E-state index in [-0.39, 0.29) is 35.9 Å². The van der Waals surface area contributed by atoms with Crippen molar-refractivity contribution in [3.63, 3.8) is 0 Å². The van der Waals surface area contributed by atoms with Crippen molar-refractivity contribution >= 4 is 6.09 Å². The lowest BCUT2D eigenvalue weighted by molar-refractivity contribution is -0.0801. The Morgan fingerprint density at radius 2 is 1.80 bits per heavy atom. The third-order valence-corrected chi connectivity index (χ3v) is 11.7. The van der Waals surface area contributed by atoms with Gasteiger partial charge in [0, 0.05) is 12.5 Å². The smallest absolute Gasteiger partial charge is 0.410 e. The number of aliphatic hydroxyl groups is 1. The number of hydrogen-bond acceptors (Lipinski definition) is 4. The summed E-state index contributed by atoms with van der Waals surface area (Å²) in [6.07, 6.45) is 10.4. The van der Waals surface area contributed by atoms with Crippen LogP contribution in [0.4, 0.5) is 4.79 Å². The van der Waals surface area contributed by atoms with Gasteiger partial charge >= 0.3 is 6.09 Å². The molecule has 1 spiro atoms. The lowest BCUT2D eigenvalue weighted by Crippen LogP contribution is -2.54. The Bertz CT molecular complexity index is 1080. The number of piperidine rings is 1. The maximum atomic E-state index is 13.5. The number of amides is 1. The van der Waals surface area contributed by atoms with Gasteiger partial charge in [0.1, 0.15) is 6.61 Å². The standard InChI is InChI=1S/C36H55NO4/c1-24-12-17-36(21-26(3)30(18-24)20-27(4)35(6)15-13-31(38)14-16-35)28(5)33-32(41-36)19-25(2)22-37(33)34(39)40-23-29-10-8-7-9-11-29/h7-11,24-25,27-28,31-33,38H,12-23H2,1-6H3/t24?,25-,27+,28+,31?,32+,33-,35?,36-/m0/s1. The second kappa shape index (κ2) is 12.4. The van der Waals surface area contributed by atoms with Crippen LogP contribution in [0.3, 0.4) is 0 Å². The zero-order chi connectivity index (χ0) is 29.4. The molecule has 2 aliphatic carbocycles. The lowest BCUT2D eigenvalue weighted by Gasteiger charge is -2.43. The first-order valence-electron chi connectivity index (χ1n) is 16.5. The van der Waals surface area contributed by atoms with Crippen molar-refractivity contribution < 1.29 is 19.4 Å². The van der Waals surface area contributed by atoms with Gasteiger partial charge in [-0.05, 0) is 99.9 Å². The van der Waals surface area contributed by atoms with Crippen LogP contribution < -0.4 is 0 Å². The molecular weight excluding hydrogens is 510 g/mol. The number of aliphatic hydroxyl groups excluding tert-OH is 1. The van der Waals surface area contributed by atoms with Gasteiger partial charge in [-0.2, -0.15) is 0 Å². The van der Waals surface area contributed by atoms with Gasteiger partial charge in [-0.25, -0.2) is 4.79 Å². The number of nitrogens with zero attached hydrogens (tertiary/aromatic N) is 1. The van der Waals surface area contributed by atoms with Crippen molar-refractivity contribution in [2.24, 2.45) is 29.1 Å². The third-order valence-electron chi connectivity index (χ3n) is 11.7. The Balaban J connectivity index is 1.34. The van der Waals surface area contributed by atoms with Gasteiger partial charge < -0.3 is 19.5 Å². The fourth-order valence-electron chi connectivity index (χ4n) is 8.66. The summed E-state index contributed by atoms with van der Waals surface area (Å²) in [6, 6.07) is 10.0. The van der Waals surface area contributed by atoms with Crippen LogP contribution in [0.25, 0.3) is 0 Å². The van der Waals surface area contributed by atoms with Crippen LogP contribution in [0.15, 0.2) is 41.5 Å². The second-order valence-electron chi connectivity index (χ2n) is 14.9. The van der Waals surface area contributed by atoms with Crippen LogP contribution in [0.1, 0.15) is 111 Å². The summed E-state index contributed by atoms with van der Waals surface area (Å²) < 4.78 is 13.0. The SMILES string of the molecule is CC1=C(C[C@@H](C)C2(C)CCC(O)CC2)CC(C)CC[C@@]2(C1)O[C@@H]1C[C@H](C)CN(C(=O)OCc3ccccc3)[C@H]1[C@H]2C. The molecule has 228 valence electrons. The Hall–Kier alpha value is -1.85. The fraction of sp³-hybridized carbons (Fsp3) is 0.750. The summed E-state index contributed by atoms with van der Waals surface area (Å²) in [6.45, 7) is 15.3. The normalized spacial score (nSPS) is 38.8. The number of carbonyl (C=O) groups is 1. The molecule has 4 aliphatic rings. The monoisotopic (exact) mass is 565 g/mol. The molecule has 2 aliphatic heterocycles. The zero-order valence-electron chi connectivity index (χ0n) is 26.5. The molecule has 1 saturated carbocycles. The van der Waals surface area contributed by atoms with E-state index < -0.39 is 0 Å². The van der Waals surface area contributed by atoms with E-state index in [0.717, 1.165) is 69.9 Å². The van der Waals surface area contributed by atoms with Crippen LogP contribution in [-0.4, -0.2) is 46.5 Å². The Morgan fingerprint density at radius 3 is 2.51 bits per heavy atom. The number of ether oxygens (including phenoxy) is 2. The van der Waals surface area contributed by atoms with Gasteiger partial charge in [0.05, 0.1) is 23.9 Å². The van der Waals surface area contributed by atoms with Gasteiger partial charge in [0.25, 0.3) is 0 Å². The minimum absolute atomic E-state index is 0.0620. The van der Waals surface area contributed by atoms with Gasteiger partial charge in [-0.3, -0.25) is 0 Å². The predicted molar refractivity (Wildman–Crippen MR) is 164 cm³/mol. The van der Waals surface area contributed by atoms with Crippen LogP contribution in [-0.2, 0) is 16.1 Å². The van der Waals surface area contributed by atoms with E-state index in [1.54, 1.807) is 5.57 Å². The summed E-state index contributed by atoms with van der Waals surface area (Å²) in [5, 5.41) is 10.1. The van der Waals surface area contributed by atoms with Crippen molar-refractivity contribution in [2.75, 3.05) is 6.54 Å². The number of fused-ring (bicyclic) bond motifs is 1. The number of carbonyl (C=O) groups excluding carboxylic acids is 1. The number of allylic oxidation sites excluding steroid dienone is 1. The molecule has 2 saturated heterocycles. The van der Waals surface area contributed by atoms with Gasteiger partial charge in [0.15, 0.2) is 0 Å². The van der Waals surface area contributed by atoms with Crippen molar-refractivity contribution in [1.29, 1.82) is 0 Å². The fourth-order valence-corrected chi connectivity index (χ4v) is 8.66. The maximum absolute atomic E-state index is 13.5. The minimum atomic E-state index is -0.233. The molecule has 3 fully saturated rings. The van der Waals surface area contributed by atoms with Crippen molar-refractivity contribution in [3.05, 3.63) is 47.0 Å². The molecular formula is C36H55NO4. The van der Waals surface area contributed by atoms with E-state index in [0.29, 0.717) is 29.8 Å². The third kappa shape index (κ3) is 6.56. The van der Waals surface area contributed by atoms with Crippen LogP contribution in [0.2, 0.25) is 0 Å². The Labute approximate surface area is 249 Å². The molecule has 5 rings (SSSR count). The topological polar surface area (TPSA) is 59.0 Å². The molecule has 2 heterocycles. The molecule has 5 nitrogen and oxygen atoms in total. The molecule has 1 unspecified atom stereocenters. The summed E-state index contributed by atoms with van der Waals surface area (Å²) in [7, 11) is 0. The second-order valence-corrected chi connectivity index (χ2v) is 14.9. The van der Waals surface area contributed by atoms with Gasteiger partial charge in [0.2, 0.25) is 0 Å². The first-order valence-corrected chi connectivity index (χ1v) is 16.5. The van der Waals surface area contributed by atoms with Crippen LogP contribution in [0, 0.1) is 29.1 Å². The van der Waals surface area contributed by atoms with Crippen LogP contribution in [0.5, 0.6) is 0 Å². The molecule has 0 radical (unpaired) electrons. The number of likely N-dealkylation sites (tertiary alicyclic amines) is 1. The first kappa shape index (κ1) is 30.6. The number of rotatable bonds is 5. The van der Waals surface area contributed by atoms with E-state index in [2.05, 4.69) is 41.5 Å². The van der Waals surface area contributed by atoms with Crippen molar-refractivity contribution in [3.8, 4) is 0 Å². The predicted octanol–water partition coefficient (Wildman–Crippen LogP) is 8.30. The van der Waals surface area contributed by atoms with E-state index >= 15 is 0 Å². The highest BCUT2D eigenvalue weighted by molar-refractivity contribution is 5.68. The van der Waals surface area contributed by atoms with Crippen molar-refractivity contribution in [2.45, 2.75) is 136 Å². The molecule has 0 bridgehead atoms. The number of benzene rings is 1. The first-order chi connectivity index (χ1) is 19.5. The summed E-state index contributed by atoms with van der Waals surface area (Å²) in [5.74, 6) is 1.86. The summed E-state index contributed by atoms with van der Waals surface area (Å²) in [5.41, 5.74) is 4.24. The van der Waals surface area contributed by atoms with E-state index in [9.17, 15) is 9.90 Å². The molecule has 1 amide bonds. The van der Waals surface area contributed by atoms with Gasteiger partial charge in [-0.1, -0.05) is 76.1 Å². The molecule has 41 heavy (non-hydrogen) atoms. The highest BCUT2D eigenvalue weighted by atomic mass is 16.6. The molecule has 5 heteroatoms. The molecule has 1 N–H and O–H groups in total. The largest absolute Gasteiger partial charge is 0.445 e. The van der Waals surface area contributed by atoms with E-state index in [4.69, 9.17) is 9.47 Å². The molecule has 0 aromatic heterocycles. The quantitative estimate of drug-likeness (QED) is 0.365. The average Bonchev–Trinajstić information content (AvgIpc) is 3.22. The summed E-state index contributed by atoms with van der Waals surface area (Å²) in [4.78, 5) is 15.5. The lowest BCUT2D eigenvalue weighted by atomic mass is 9.64. The van der Waals surface area contributed by atoms with Crippen molar-refractivity contribution in [1.82, 2.24) is 4.90 Å². The van der Waals surface area contributed by atoms with E-state index in [1.165, 1.54) is 12.0 Å². The van der Waals surface area contributed by atoms with Gasteiger partial charge in [-0.15, -0.1) is 0 Å². The highest BCUT2D eigenvalue weighted by Crippen LogP contribution is 2.52. The zero-order valence-corrected chi connectivity index (χ0v) is 26.5. The highest BCUT2D eigenvalue weighted by Gasteiger charge is 2.57. The molecule has 7 atom stereocenters. The Morgan fingerprint density at radius 1 is 1.10 bits per heavy atom. The molecule has 1 aromatic rings. The summed E-state index contributed by atoms with van der Waals surface area (Å²) >= 11 is 0. The average molecular weight is 566 g/mol. The Kier molecular flexibility index (Phi) is 9.26. The molecule has 1 aromatic carbocycles. The van der Waals surface area contributed by atoms with E-state index in [1.807, 2.05) is 35.2 Å². The minimum Gasteiger partial charge on any atom is -0.445 e. The number of hydrogen-bond donors (Lipinski definition) is 1. The maximum Gasteiger partial charge on any atom is 0.410 e.